The first-order chi connectivity index (χ1) is 13.5. The van der Waals surface area contributed by atoms with Gasteiger partial charge in [-0.1, -0.05) is 29.4 Å². The average Bonchev–Trinajstić information content (AvgIpc) is 3.41. The molecule has 8 nitrogen and oxygen atoms in total. The van der Waals surface area contributed by atoms with E-state index in [1.807, 2.05) is 24.3 Å². The number of carbonyl (C=O) groups excluding carboxylic acids is 2. The maximum Gasteiger partial charge on any atom is 0.290 e. The minimum Gasteiger partial charge on any atom is -0.350 e. The Balaban J connectivity index is 1.52. The number of alkyl halides is 1. The van der Waals surface area contributed by atoms with Crippen LogP contribution in [0.2, 0.25) is 0 Å². The van der Waals surface area contributed by atoms with E-state index in [0.717, 1.165) is 16.7 Å². The van der Waals surface area contributed by atoms with Crippen molar-refractivity contribution in [2.75, 3.05) is 5.88 Å². The largest absolute Gasteiger partial charge is 0.350 e. The summed E-state index contributed by atoms with van der Waals surface area (Å²) in [5, 5.41) is 13.8. The van der Waals surface area contributed by atoms with Crippen LogP contribution in [0.5, 0.6) is 0 Å². The molecule has 3 aromatic rings. The summed E-state index contributed by atoms with van der Waals surface area (Å²) in [6.07, 6.45) is 4.02. The highest BCUT2D eigenvalue weighted by Crippen LogP contribution is 2.31. The number of amides is 2. The zero-order chi connectivity index (χ0) is 19.7. The molecule has 1 aromatic carbocycles. The third kappa shape index (κ3) is 3.50. The van der Waals surface area contributed by atoms with Gasteiger partial charge in [0.05, 0.1) is 18.3 Å². The van der Waals surface area contributed by atoms with Crippen LogP contribution in [-0.4, -0.2) is 38.7 Å². The summed E-state index contributed by atoms with van der Waals surface area (Å²) in [5.74, 6) is -0.737. The van der Waals surface area contributed by atoms with Gasteiger partial charge in [0.15, 0.2) is 0 Å². The highest BCUT2D eigenvalue weighted by molar-refractivity contribution is 6.27. The van der Waals surface area contributed by atoms with E-state index in [1.165, 1.54) is 0 Å². The molecule has 28 heavy (non-hydrogen) atoms. The van der Waals surface area contributed by atoms with E-state index < -0.39 is 5.91 Å². The topological polar surface area (TPSA) is 102 Å². The number of hydrogen-bond acceptors (Lipinski definition) is 5. The third-order valence-electron chi connectivity index (χ3n) is 4.72. The zero-order valence-corrected chi connectivity index (χ0v) is 15.8. The van der Waals surface area contributed by atoms with Crippen LogP contribution in [0.4, 0.5) is 0 Å². The lowest BCUT2D eigenvalue weighted by Crippen LogP contribution is -2.44. The van der Waals surface area contributed by atoms with Crippen molar-refractivity contribution in [3.05, 3.63) is 59.6 Å². The predicted octanol–water partition coefficient (Wildman–Crippen LogP) is 1.83. The van der Waals surface area contributed by atoms with Crippen molar-refractivity contribution in [2.24, 2.45) is 7.05 Å². The number of aromatic nitrogens is 3. The third-order valence-corrected chi connectivity index (χ3v) is 4.96. The zero-order valence-electron chi connectivity index (χ0n) is 15.1. The minimum atomic E-state index is -0.398. The van der Waals surface area contributed by atoms with E-state index in [2.05, 4.69) is 20.9 Å². The summed E-state index contributed by atoms with van der Waals surface area (Å²) in [6.45, 7) is 0. The van der Waals surface area contributed by atoms with Gasteiger partial charge in [-0.2, -0.15) is 5.10 Å². The number of hydrogen-bond donors (Lipinski definition) is 2. The van der Waals surface area contributed by atoms with Crippen molar-refractivity contribution >= 4 is 23.4 Å². The van der Waals surface area contributed by atoms with Crippen molar-refractivity contribution in [3.8, 4) is 11.3 Å². The molecule has 2 amide bonds. The summed E-state index contributed by atoms with van der Waals surface area (Å²) >= 11 is 5.64. The maximum atomic E-state index is 12.7. The number of fused-ring (bicyclic) bond motifs is 1. The van der Waals surface area contributed by atoms with Crippen LogP contribution in [0.25, 0.3) is 11.3 Å². The van der Waals surface area contributed by atoms with Crippen molar-refractivity contribution in [1.82, 2.24) is 25.6 Å². The van der Waals surface area contributed by atoms with Crippen LogP contribution >= 0.6 is 11.6 Å². The van der Waals surface area contributed by atoms with E-state index in [-0.39, 0.29) is 29.6 Å². The van der Waals surface area contributed by atoms with Gasteiger partial charge in [-0.15, -0.1) is 11.6 Å². The highest BCUT2D eigenvalue weighted by Gasteiger charge is 2.35. The van der Waals surface area contributed by atoms with Gasteiger partial charge in [0, 0.05) is 24.9 Å². The molecule has 0 fully saturated rings. The number of nitrogens with zero attached hydrogens (tertiary/aromatic N) is 3. The number of halogens is 1. The molecule has 2 aromatic heterocycles. The van der Waals surface area contributed by atoms with Crippen LogP contribution in [0.3, 0.4) is 0 Å². The van der Waals surface area contributed by atoms with Gasteiger partial charge in [-0.05, 0) is 17.5 Å². The first-order valence-corrected chi connectivity index (χ1v) is 9.28. The number of nitrogens with one attached hydrogen (secondary N) is 2. The molecule has 2 atom stereocenters. The summed E-state index contributed by atoms with van der Waals surface area (Å²) in [5.41, 5.74) is 3.33. The van der Waals surface area contributed by atoms with Gasteiger partial charge >= 0.3 is 0 Å². The summed E-state index contributed by atoms with van der Waals surface area (Å²) < 4.78 is 6.85. The van der Waals surface area contributed by atoms with Gasteiger partial charge in [0.1, 0.15) is 11.6 Å². The molecule has 0 unspecified atom stereocenters. The van der Waals surface area contributed by atoms with Crippen molar-refractivity contribution < 1.29 is 14.1 Å². The Morgan fingerprint density at radius 2 is 2.14 bits per heavy atom. The Bertz CT molecular complexity index is 1030. The fraction of sp³-hybridized carbons (Fsp3) is 0.263. The fourth-order valence-corrected chi connectivity index (χ4v) is 3.51. The van der Waals surface area contributed by atoms with Crippen LogP contribution < -0.4 is 10.6 Å². The molecule has 0 spiro atoms. The highest BCUT2D eigenvalue weighted by atomic mass is 35.5. The maximum absolute atomic E-state index is 12.7. The van der Waals surface area contributed by atoms with Gasteiger partial charge in [0.2, 0.25) is 11.7 Å². The molecule has 0 radical (unpaired) electrons. The van der Waals surface area contributed by atoms with Gasteiger partial charge in [-0.3, -0.25) is 14.3 Å². The lowest BCUT2D eigenvalue weighted by molar-refractivity contribution is -0.119. The molecule has 0 bridgehead atoms. The molecule has 2 N–H and O–H groups in total. The first-order valence-electron chi connectivity index (χ1n) is 8.75. The van der Waals surface area contributed by atoms with E-state index >= 15 is 0 Å². The average molecular weight is 400 g/mol. The molecule has 1 aliphatic carbocycles. The Morgan fingerprint density at radius 1 is 1.32 bits per heavy atom. The summed E-state index contributed by atoms with van der Waals surface area (Å²) in [7, 11) is 1.80. The number of benzene rings is 1. The number of carbonyl (C=O) groups is 2. The van der Waals surface area contributed by atoms with Gasteiger partial charge in [-0.25, -0.2) is 0 Å². The SMILES string of the molecule is Cn1cc(-c2cc(C(=O)N[C@@H]3Cc4ccccc4[C@H]3NC(=O)CCl)on2)cn1. The van der Waals surface area contributed by atoms with E-state index in [9.17, 15) is 9.59 Å². The van der Waals surface area contributed by atoms with Crippen LogP contribution in [-0.2, 0) is 18.3 Å². The second-order valence-electron chi connectivity index (χ2n) is 6.64. The lowest BCUT2D eigenvalue weighted by Gasteiger charge is -2.22. The molecule has 2 heterocycles. The molecular weight excluding hydrogens is 382 g/mol. The van der Waals surface area contributed by atoms with Crippen LogP contribution in [0.15, 0.2) is 47.2 Å². The van der Waals surface area contributed by atoms with Crippen LogP contribution in [0, 0.1) is 0 Å². The van der Waals surface area contributed by atoms with Gasteiger partial charge in [0.25, 0.3) is 5.91 Å². The Hall–Kier alpha value is -3.13. The summed E-state index contributed by atoms with van der Waals surface area (Å²) in [6, 6.07) is 8.66. The smallest absolute Gasteiger partial charge is 0.290 e. The molecule has 1 aliphatic rings. The van der Waals surface area contributed by atoms with Crippen molar-refractivity contribution in [2.45, 2.75) is 18.5 Å². The molecule has 0 saturated carbocycles. The van der Waals surface area contributed by atoms with E-state index in [0.29, 0.717) is 12.1 Å². The van der Waals surface area contributed by atoms with Crippen LogP contribution in [0.1, 0.15) is 27.7 Å². The van der Waals surface area contributed by atoms with Crippen molar-refractivity contribution in [3.63, 3.8) is 0 Å². The molecule has 0 saturated heterocycles. The number of rotatable bonds is 5. The van der Waals surface area contributed by atoms with Gasteiger partial charge < -0.3 is 15.2 Å². The lowest BCUT2D eigenvalue weighted by atomic mass is 10.1. The monoisotopic (exact) mass is 399 g/mol. The quantitative estimate of drug-likeness (QED) is 0.637. The van der Waals surface area contributed by atoms with E-state index in [4.69, 9.17) is 16.1 Å². The molecule has 0 aliphatic heterocycles. The summed E-state index contributed by atoms with van der Waals surface area (Å²) in [4.78, 5) is 24.5. The first kappa shape index (κ1) is 18.2. The Labute approximate surface area is 165 Å². The molecular formula is C19H18ClN5O3. The van der Waals surface area contributed by atoms with Crippen molar-refractivity contribution in [1.29, 1.82) is 0 Å². The minimum absolute atomic E-state index is 0.0947. The Morgan fingerprint density at radius 3 is 2.89 bits per heavy atom. The predicted molar refractivity (Wildman–Crippen MR) is 102 cm³/mol. The Kier molecular flexibility index (Phi) is 4.87. The molecule has 4 rings (SSSR count). The number of aryl methyl sites for hydroxylation is 1. The van der Waals surface area contributed by atoms with E-state index in [1.54, 1.807) is 30.2 Å². The normalized spacial score (nSPS) is 17.9. The standard InChI is InChI=1S/C19H18ClN5O3/c1-25-10-12(9-21-25)14-7-16(28-24-14)19(27)22-15-6-11-4-2-3-5-13(11)18(15)23-17(26)8-20/h2-5,7,9-10,15,18H,6,8H2,1H3,(H,22,27)(H,23,26)/t15-,18-/m1/s1. The second kappa shape index (κ2) is 7.47. The molecule has 9 heteroatoms. The fourth-order valence-electron chi connectivity index (χ4n) is 3.43. The second-order valence-corrected chi connectivity index (χ2v) is 6.91. The molecule has 144 valence electrons.